The molecule has 0 atom stereocenters. The largest absolute Gasteiger partial charge is 0.479 e. The molecule has 0 fully saturated rings. The molecule has 2 aromatic rings. The van der Waals surface area contributed by atoms with Gasteiger partial charge in [0, 0.05) is 24.4 Å². The number of aromatic nitrogens is 3. The third-order valence-electron chi connectivity index (χ3n) is 2.96. The van der Waals surface area contributed by atoms with Gasteiger partial charge < -0.3 is 15.8 Å². The highest BCUT2D eigenvalue weighted by Gasteiger charge is 2.21. The quantitative estimate of drug-likeness (QED) is 0.898. The molecular formula is C15H21N5O. The maximum absolute atomic E-state index is 6.04. The molecular weight excluding hydrogens is 266 g/mol. The SMILES string of the molecule is COc1nc(C(C)(C)C)nc(NCc2cccnc2)c1N. The lowest BCUT2D eigenvalue weighted by Crippen LogP contribution is -2.19. The fourth-order valence-electron chi connectivity index (χ4n) is 1.76. The summed E-state index contributed by atoms with van der Waals surface area (Å²) in [5, 5.41) is 3.22. The highest BCUT2D eigenvalue weighted by Crippen LogP contribution is 2.30. The molecule has 2 aromatic heterocycles. The van der Waals surface area contributed by atoms with Crippen molar-refractivity contribution in [2.45, 2.75) is 32.7 Å². The number of pyridine rings is 1. The Morgan fingerprint density at radius 3 is 2.62 bits per heavy atom. The Hall–Kier alpha value is -2.37. The van der Waals surface area contributed by atoms with Crippen LogP contribution in [0.3, 0.4) is 0 Å². The predicted octanol–water partition coefficient (Wildman–Crippen LogP) is 2.37. The first-order valence-corrected chi connectivity index (χ1v) is 6.76. The van der Waals surface area contributed by atoms with E-state index in [1.54, 1.807) is 19.5 Å². The molecule has 6 nitrogen and oxygen atoms in total. The van der Waals surface area contributed by atoms with Crippen molar-refractivity contribution in [2.24, 2.45) is 0 Å². The van der Waals surface area contributed by atoms with Crippen LogP contribution in [0, 0.1) is 0 Å². The zero-order valence-corrected chi connectivity index (χ0v) is 12.8. The van der Waals surface area contributed by atoms with Gasteiger partial charge in [-0.15, -0.1) is 0 Å². The van der Waals surface area contributed by atoms with Crippen LogP contribution >= 0.6 is 0 Å². The number of nitrogens with two attached hydrogens (primary N) is 1. The zero-order chi connectivity index (χ0) is 15.5. The standard InChI is InChI=1S/C15H21N5O/c1-15(2,3)14-19-12(11(16)13(20-14)21-4)18-9-10-6-5-7-17-8-10/h5-8H,9,16H2,1-4H3,(H,18,19,20). The maximum atomic E-state index is 6.04. The molecule has 21 heavy (non-hydrogen) atoms. The molecule has 2 rings (SSSR count). The van der Waals surface area contributed by atoms with Crippen molar-refractivity contribution in [2.75, 3.05) is 18.2 Å². The number of methoxy groups -OCH3 is 1. The van der Waals surface area contributed by atoms with E-state index in [9.17, 15) is 0 Å². The fourth-order valence-corrected chi connectivity index (χ4v) is 1.76. The van der Waals surface area contributed by atoms with Crippen molar-refractivity contribution < 1.29 is 4.74 Å². The topological polar surface area (TPSA) is 86.0 Å². The van der Waals surface area contributed by atoms with Crippen LogP contribution in [0.2, 0.25) is 0 Å². The lowest BCUT2D eigenvalue weighted by Gasteiger charge is -2.20. The van der Waals surface area contributed by atoms with Crippen LogP contribution in [0.25, 0.3) is 0 Å². The van der Waals surface area contributed by atoms with Crippen molar-refractivity contribution in [3.63, 3.8) is 0 Å². The summed E-state index contributed by atoms with van der Waals surface area (Å²) >= 11 is 0. The Bertz CT molecular complexity index is 607. The predicted molar refractivity (Wildman–Crippen MR) is 83.3 cm³/mol. The number of rotatable bonds is 4. The summed E-state index contributed by atoms with van der Waals surface area (Å²) < 4.78 is 5.25. The van der Waals surface area contributed by atoms with E-state index in [1.165, 1.54) is 0 Å². The van der Waals surface area contributed by atoms with Crippen LogP contribution in [-0.4, -0.2) is 22.1 Å². The highest BCUT2D eigenvalue weighted by atomic mass is 16.5. The van der Waals surface area contributed by atoms with E-state index in [-0.39, 0.29) is 5.41 Å². The molecule has 0 bridgehead atoms. The second-order valence-electron chi connectivity index (χ2n) is 5.78. The Morgan fingerprint density at radius 2 is 2.05 bits per heavy atom. The summed E-state index contributed by atoms with van der Waals surface area (Å²) in [7, 11) is 1.55. The van der Waals surface area contributed by atoms with Crippen molar-refractivity contribution in [3.8, 4) is 5.88 Å². The van der Waals surface area contributed by atoms with E-state index >= 15 is 0 Å². The molecule has 0 aliphatic rings. The molecule has 3 N–H and O–H groups in total. The van der Waals surface area contributed by atoms with E-state index in [0.29, 0.717) is 29.8 Å². The third kappa shape index (κ3) is 3.59. The van der Waals surface area contributed by atoms with E-state index in [0.717, 1.165) is 5.56 Å². The van der Waals surface area contributed by atoms with Crippen LogP contribution in [0.4, 0.5) is 11.5 Å². The fraction of sp³-hybridized carbons (Fsp3) is 0.400. The summed E-state index contributed by atoms with van der Waals surface area (Å²) in [6.07, 6.45) is 3.54. The Labute approximate surface area is 124 Å². The van der Waals surface area contributed by atoms with Gasteiger partial charge in [-0.2, -0.15) is 4.98 Å². The molecule has 112 valence electrons. The average molecular weight is 287 g/mol. The number of nitrogens with zero attached hydrogens (tertiary/aromatic N) is 3. The molecule has 0 aliphatic carbocycles. The summed E-state index contributed by atoms with van der Waals surface area (Å²) in [6.45, 7) is 6.72. The van der Waals surface area contributed by atoms with Crippen molar-refractivity contribution in [1.29, 1.82) is 0 Å². The second-order valence-corrected chi connectivity index (χ2v) is 5.78. The summed E-state index contributed by atoms with van der Waals surface area (Å²) in [6, 6.07) is 3.88. The van der Waals surface area contributed by atoms with E-state index < -0.39 is 0 Å². The van der Waals surface area contributed by atoms with Gasteiger partial charge in [0.1, 0.15) is 11.5 Å². The number of nitrogen functional groups attached to an aromatic ring is 1. The number of ether oxygens (including phenoxy) is 1. The van der Waals surface area contributed by atoms with Gasteiger partial charge in [-0.05, 0) is 11.6 Å². The molecule has 0 saturated carbocycles. The Kier molecular flexibility index (Phi) is 4.26. The van der Waals surface area contributed by atoms with E-state index in [2.05, 4.69) is 20.3 Å². The molecule has 0 unspecified atom stereocenters. The van der Waals surface area contributed by atoms with Crippen molar-refractivity contribution >= 4 is 11.5 Å². The normalized spacial score (nSPS) is 11.2. The number of hydrogen-bond acceptors (Lipinski definition) is 6. The van der Waals surface area contributed by atoms with Gasteiger partial charge >= 0.3 is 0 Å². The first kappa shape index (κ1) is 15.0. The monoisotopic (exact) mass is 287 g/mol. The molecule has 6 heteroatoms. The minimum atomic E-state index is -0.189. The highest BCUT2D eigenvalue weighted by molar-refractivity contribution is 5.67. The lowest BCUT2D eigenvalue weighted by molar-refractivity contribution is 0.391. The minimum Gasteiger partial charge on any atom is -0.479 e. The van der Waals surface area contributed by atoms with E-state index in [1.807, 2.05) is 32.9 Å². The van der Waals surface area contributed by atoms with Crippen LogP contribution in [0.1, 0.15) is 32.2 Å². The van der Waals surface area contributed by atoms with Crippen molar-refractivity contribution in [1.82, 2.24) is 15.0 Å². The molecule has 0 aliphatic heterocycles. The van der Waals surface area contributed by atoms with Crippen LogP contribution in [-0.2, 0) is 12.0 Å². The summed E-state index contributed by atoms with van der Waals surface area (Å²) in [4.78, 5) is 13.0. The van der Waals surface area contributed by atoms with Gasteiger partial charge in [0.25, 0.3) is 0 Å². The van der Waals surface area contributed by atoms with Gasteiger partial charge in [0.15, 0.2) is 5.82 Å². The van der Waals surface area contributed by atoms with Crippen LogP contribution in [0.5, 0.6) is 5.88 Å². The molecule has 0 amide bonds. The lowest BCUT2D eigenvalue weighted by atomic mass is 9.96. The second kappa shape index (κ2) is 5.95. The zero-order valence-electron chi connectivity index (χ0n) is 12.8. The van der Waals surface area contributed by atoms with Crippen LogP contribution < -0.4 is 15.8 Å². The average Bonchev–Trinajstić information content (AvgIpc) is 2.46. The third-order valence-corrected chi connectivity index (χ3v) is 2.96. The molecule has 0 aromatic carbocycles. The number of hydrogen-bond donors (Lipinski definition) is 2. The minimum absolute atomic E-state index is 0.189. The molecule has 0 radical (unpaired) electrons. The van der Waals surface area contributed by atoms with Gasteiger partial charge in [-0.1, -0.05) is 26.8 Å². The summed E-state index contributed by atoms with van der Waals surface area (Å²) in [5.74, 6) is 1.65. The Morgan fingerprint density at radius 1 is 1.29 bits per heavy atom. The van der Waals surface area contributed by atoms with Gasteiger partial charge in [0.2, 0.25) is 5.88 Å². The maximum Gasteiger partial charge on any atom is 0.242 e. The van der Waals surface area contributed by atoms with E-state index in [4.69, 9.17) is 10.5 Å². The number of anilines is 2. The molecule has 2 heterocycles. The molecule has 0 saturated heterocycles. The van der Waals surface area contributed by atoms with Gasteiger partial charge in [-0.3, -0.25) is 4.98 Å². The number of nitrogens with one attached hydrogen (secondary N) is 1. The van der Waals surface area contributed by atoms with Crippen molar-refractivity contribution in [3.05, 3.63) is 35.9 Å². The summed E-state index contributed by atoms with van der Waals surface area (Å²) in [5.41, 5.74) is 7.31. The van der Waals surface area contributed by atoms with Gasteiger partial charge in [0.05, 0.1) is 7.11 Å². The van der Waals surface area contributed by atoms with Crippen LogP contribution in [0.15, 0.2) is 24.5 Å². The van der Waals surface area contributed by atoms with Gasteiger partial charge in [-0.25, -0.2) is 4.98 Å². The Balaban J connectivity index is 2.29. The first-order chi connectivity index (χ1) is 9.91. The smallest absolute Gasteiger partial charge is 0.242 e. The molecule has 0 spiro atoms. The first-order valence-electron chi connectivity index (χ1n) is 6.76.